The molecule has 4 aromatic rings. The second-order valence-corrected chi connectivity index (χ2v) is 5.54. The summed E-state index contributed by atoms with van der Waals surface area (Å²) in [5, 5.41) is 9.69. The van der Waals surface area contributed by atoms with Gasteiger partial charge in [0.25, 0.3) is 5.91 Å². The number of nitrogens with zero attached hydrogens (tertiary/aromatic N) is 3. The van der Waals surface area contributed by atoms with Crippen LogP contribution in [0.1, 0.15) is 10.5 Å². The Kier molecular flexibility index (Phi) is 3.66. The predicted molar refractivity (Wildman–Crippen MR) is 92.9 cm³/mol. The molecule has 0 bridgehead atoms. The van der Waals surface area contributed by atoms with Crippen molar-refractivity contribution in [1.29, 1.82) is 0 Å². The Morgan fingerprint density at radius 2 is 2.16 bits per heavy atom. The first-order valence-corrected chi connectivity index (χ1v) is 7.69. The van der Waals surface area contributed by atoms with Gasteiger partial charge in [0, 0.05) is 36.8 Å². The number of anilines is 1. The summed E-state index contributed by atoms with van der Waals surface area (Å²) in [6, 6.07) is 12.7. The molecular formula is C18H15N5O2. The number of carbonyl (C=O) groups excluding carboxylic acids is 1. The van der Waals surface area contributed by atoms with Crippen molar-refractivity contribution < 1.29 is 9.21 Å². The van der Waals surface area contributed by atoms with Gasteiger partial charge in [-0.2, -0.15) is 5.10 Å². The van der Waals surface area contributed by atoms with Gasteiger partial charge >= 0.3 is 0 Å². The van der Waals surface area contributed by atoms with Crippen LogP contribution in [0.4, 0.5) is 5.69 Å². The highest BCUT2D eigenvalue weighted by Gasteiger charge is 2.13. The molecule has 0 aliphatic heterocycles. The fraction of sp³-hybridized carbons (Fsp3) is 0.0556. The lowest BCUT2D eigenvalue weighted by Gasteiger charge is -2.06. The van der Waals surface area contributed by atoms with Crippen LogP contribution in [-0.2, 0) is 7.05 Å². The van der Waals surface area contributed by atoms with E-state index in [2.05, 4.69) is 20.5 Å². The van der Waals surface area contributed by atoms with Crippen molar-refractivity contribution in [3.63, 3.8) is 0 Å². The van der Waals surface area contributed by atoms with E-state index in [0.29, 0.717) is 17.1 Å². The maximum atomic E-state index is 12.4. The Morgan fingerprint density at radius 1 is 1.24 bits per heavy atom. The summed E-state index contributed by atoms with van der Waals surface area (Å²) < 4.78 is 7.21. The van der Waals surface area contributed by atoms with Crippen molar-refractivity contribution in [1.82, 2.24) is 19.7 Å². The predicted octanol–water partition coefficient (Wildman–Crippen LogP) is 3.32. The van der Waals surface area contributed by atoms with E-state index in [4.69, 9.17) is 4.42 Å². The van der Waals surface area contributed by atoms with E-state index in [-0.39, 0.29) is 11.6 Å². The Labute approximate surface area is 143 Å². The van der Waals surface area contributed by atoms with Crippen LogP contribution < -0.4 is 5.32 Å². The van der Waals surface area contributed by atoms with Gasteiger partial charge in [0.2, 0.25) is 0 Å². The number of benzene rings is 1. The number of H-pyrrole nitrogens is 1. The molecule has 0 atom stereocenters. The molecule has 0 spiro atoms. The van der Waals surface area contributed by atoms with E-state index in [0.717, 1.165) is 11.4 Å². The van der Waals surface area contributed by atoms with Crippen LogP contribution in [0.2, 0.25) is 0 Å². The molecule has 1 aromatic carbocycles. The second-order valence-electron chi connectivity index (χ2n) is 5.54. The van der Waals surface area contributed by atoms with Crippen molar-refractivity contribution in [3.8, 4) is 22.8 Å². The monoisotopic (exact) mass is 333 g/mol. The maximum Gasteiger partial charge on any atom is 0.276 e. The highest BCUT2D eigenvalue weighted by atomic mass is 16.3. The second kappa shape index (κ2) is 6.12. The quantitative estimate of drug-likeness (QED) is 0.599. The molecule has 7 heteroatoms. The number of furan rings is 1. The van der Waals surface area contributed by atoms with Gasteiger partial charge in [0.05, 0.1) is 6.26 Å². The molecule has 0 saturated carbocycles. The maximum absolute atomic E-state index is 12.4. The van der Waals surface area contributed by atoms with E-state index in [1.807, 2.05) is 42.1 Å². The minimum absolute atomic E-state index is 0.286. The molecule has 7 nitrogen and oxygen atoms in total. The summed E-state index contributed by atoms with van der Waals surface area (Å²) >= 11 is 0. The third-order valence-corrected chi connectivity index (χ3v) is 3.80. The minimum Gasteiger partial charge on any atom is -0.463 e. The lowest BCUT2D eigenvalue weighted by molar-refractivity contribution is 0.102. The van der Waals surface area contributed by atoms with Gasteiger partial charge in [-0.15, -0.1) is 0 Å². The zero-order chi connectivity index (χ0) is 17.2. The first kappa shape index (κ1) is 14.9. The molecule has 0 unspecified atom stereocenters. The first-order chi connectivity index (χ1) is 12.2. The largest absolute Gasteiger partial charge is 0.463 e. The molecule has 0 saturated heterocycles. The lowest BCUT2D eigenvalue weighted by atomic mass is 10.2. The fourth-order valence-corrected chi connectivity index (χ4v) is 2.57. The summed E-state index contributed by atoms with van der Waals surface area (Å²) in [5.41, 5.74) is 2.53. The average Bonchev–Trinajstić information content (AvgIpc) is 3.36. The van der Waals surface area contributed by atoms with Crippen LogP contribution in [0.25, 0.3) is 22.8 Å². The van der Waals surface area contributed by atoms with Crippen molar-refractivity contribution >= 4 is 11.6 Å². The molecule has 0 fully saturated rings. The van der Waals surface area contributed by atoms with Gasteiger partial charge in [-0.25, -0.2) is 4.98 Å². The number of rotatable bonds is 4. The van der Waals surface area contributed by atoms with Crippen molar-refractivity contribution in [3.05, 3.63) is 66.8 Å². The van der Waals surface area contributed by atoms with Crippen LogP contribution in [-0.4, -0.2) is 25.7 Å². The molecule has 2 N–H and O–H groups in total. The van der Waals surface area contributed by atoms with E-state index in [1.165, 1.54) is 0 Å². The molecule has 3 aromatic heterocycles. The molecule has 25 heavy (non-hydrogen) atoms. The third-order valence-electron chi connectivity index (χ3n) is 3.80. The first-order valence-electron chi connectivity index (χ1n) is 7.69. The normalized spacial score (nSPS) is 10.8. The highest BCUT2D eigenvalue weighted by molar-refractivity contribution is 6.03. The average molecular weight is 333 g/mol. The van der Waals surface area contributed by atoms with Crippen LogP contribution in [0.15, 0.2) is 65.5 Å². The molecule has 0 aliphatic rings. The molecule has 3 heterocycles. The summed E-state index contributed by atoms with van der Waals surface area (Å²) in [4.78, 5) is 16.7. The highest BCUT2D eigenvalue weighted by Crippen LogP contribution is 2.22. The summed E-state index contributed by atoms with van der Waals surface area (Å²) in [5.74, 6) is 1.16. The number of amides is 1. The number of imidazole rings is 1. The van der Waals surface area contributed by atoms with Crippen LogP contribution >= 0.6 is 0 Å². The van der Waals surface area contributed by atoms with E-state index in [1.54, 1.807) is 30.7 Å². The standard InChI is InChI=1S/C18H15N5O2/c1-23-8-7-19-17(23)12-4-2-5-13(10-12)20-18(24)15-11-14(21-22-15)16-6-3-9-25-16/h2-11H,1H3,(H,20,24)(H,21,22). The molecule has 0 aliphatic carbocycles. The fourth-order valence-electron chi connectivity index (χ4n) is 2.57. The number of aromatic nitrogens is 4. The Balaban J connectivity index is 1.54. The smallest absolute Gasteiger partial charge is 0.276 e. The number of aromatic amines is 1. The Morgan fingerprint density at radius 3 is 2.92 bits per heavy atom. The van der Waals surface area contributed by atoms with Crippen molar-refractivity contribution in [2.24, 2.45) is 7.05 Å². The summed E-state index contributed by atoms with van der Waals surface area (Å²) in [6.45, 7) is 0. The van der Waals surface area contributed by atoms with E-state index >= 15 is 0 Å². The molecular weight excluding hydrogens is 318 g/mol. The number of hydrogen-bond acceptors (Lipinski definition) is 4. The van der Waals surface area contributed by atoms with Gasteiger partial charge in [-0.05, 0) is 24.3 Å². The van der Waals surface area contributed by atoms with E-state index < -0.39 is 0 Å². The van der Waals surface area contributed by atoms with Crippen LogP contribution in [0, 0.1) is 0 Å². The van der Waals surface area contributed by atoms with Gasteiger partial charge in [-0.1, -0.05) is 12.1 Å². The molecule has 1 amide bonds. The third kappa shape index (κ3) is 2.94. The van der Waals surface area contributed by atoms with Gasteiger partial charge < -0.3 is 14.3 Å². The SMILES string of the molecule is Cn1ccnc1-c1cccc(NC(=O)c2cc(-c3ccco3)[nH]n2)c1. The Bertz CT molecular complexity index is 1010. The zero-order valence-electron chi connectivity index (χ0n) is 13.4. The van der Waals surface area contributed by atoms with E-state index in [9.17, 15) is 4.79 Å². The van der Waals surface area contributed by atoms with Gasteiger partial charge in [0.15, 0.2) is 11.5 Å². The molecule has 4 rings (SSSR count). The summed E-state index contributed by atoms with van der Waals surface area (Å²) in [7, 11) is 1.92. The zero-order valence-corrected chi connectivity index (χ0v) is 13.4. The van der Waals surface area contributed by atoms with Crippen LogP contribution in [0.3, 0.4) is 0 Å². The molecule has 124 valence electrons. The van der Waals surface area contributed by atoms with Gasteiger partial charge in [0.1, 0.15) is 11.5 Å². The topological polar surface area (TPSA) is 88.7 Å². The minimum atomic E-state index is -0.300. The number of nitrogens with one attached hydrogen (secondary N) is 2. The van der Waals surface area contributed by atoms with Crippen molar-refractivity contribution in [2.75, 3.05) is 5.32 Å². The van der Waals surface area contributed by atoms with Gasteiger partial charge in [-0.3, -0.25) is 9.89 Å². The van der Waals surface area contributed by atoms with Crippen molar-refractivity contribution in [2.45, 2.75) is 0 Å². The molecule has 0 radical (unpaired) electrons. The Hall–Kier alpha value is -3.61. The lowest BCUT2D eigenvalue weighted by Crippen LogP contribution is -2.12. The van der Waals surface area contributed by atoms with Crippen LogP contribution in [0.5, 0.6) is 0 Å². The number of hydrogen-bond donors (Lipinski definition) is 2. The number of aryl methyl sites for hydroxylation is 1. The number of carbonyl (C=O) groups is 1. The summed E-state index contributed by atoms with van der Waals surface area (Å²) in [6.07, 6.45) is 5.18.